The first-order valence-corrected chi connectivity index (χ1v) is 8.27. The summed E-state index contributed by atoms with van der Waals surface area (Å²) in [5.41, 5.74) is 0.698. The molecule has 10 nitrogen and oxygen atoms in total. The highest BCUT2D eigenvalue weighted by Gasteiger charge is 2.24. The van der Waals surface area contributed by atoms with Gasteiger partial charge in [0.1, 0.15) is 18.5 Å². The van der Waals surface area contributed by atoms with Crippen molar-refractivity contribution in [3.05, 3.63) is 23.8 Å². The van der Waals surface area contributed by atoms with E-state index in [0.717, 1.165) is 13.1 Å². The van der Waals surface area contributed by atoms with Gasteiger partial charge in [-0.1, -0.05) is 5.16 Å². The molecule has 1 amide bonds. The lowest BCUT2D eigenvalue weighted by atomic mass is 10.2. The van der Waals surface area contributed by atoms with E-state index in [4.69, 9.17) is 9.26 Å². The van der Waals surface area contributed by atoms with Gasteiger partial charge in [0.25, 0.3) is 0 Å². The Morgan fingerprint density at radius 3 is 2.80 bits per heavy atom. The second kappa shape index (κ2) is 7.70. The van der Waals surface area contributed by atoms with Crippen molar-refractivity contribution in [2.45, 2.75) is 45.7 Å². The Kier molecular flexibility index (Phi) is 5.39. The van der Waals surface area contributed by atoms with Crippen molar-refractivity contribution in [2.24, 2.45) is 0 Å². The van der Waals surface area contributed by atoms with Crippen LogP contribution >= 0.6 is 0 Å². The van der Waals surface area contributed by atoms with Crippen molar-refractivity contribution in [1.82, 2.24) is 35.2 Å². The Balaban J connectivity index is 1.58. The van der Waals surface area contributed by atoms with Crippen molar-refractivity contribution in [1.29, 1.82) is 0 Å². The summed E-state index contributed by atoms with van der Waals surface area (Å²) in [5, 5.41) is 15.6. The summed E-state index contributed by atoms with van der Waals surface area (Å²) >= 11 is 0. The molecule has 0 aliphatic carbocycles. The van der Waals surface area contributed by atoms with E-state index in [1.807, 2.05) is 13.8 Å². The van der Waals surface area contributed by atoms with E-state index in [0.29, 0.717) is 24.6 Å². The minimum absolute atomic E-state index is 0.0894. The van der Waals surface area contributed by atoms with E-state index in [2.05, 4.69) is 25.6 Å². The highest BCUT2D eigenvalue weighted by molar-refractivity contribution is 5.75. The van der Waals surface area contributed by atoms with Gasteiger partial charge in [0.15, 0.2) is 5.82 Å². The molecule has 3 rings (SSSR count). The highest BCUT2D eigenvalue weighted by Crippen LogP contribution is 2.13. The molecule has 0 radical (unpaired) electrons. The summed E-state index contributed by atoms with van der Waals surface area (Å²) in [7, 11) is 1.71. The molecule has 0 aromatic carbocycles. The van der Waals surface area contributed by atoms with Gasteiger partial charge in [-0.3, -0.25) is 9.69 Å². The van der Waals surface area contributed by atoms with Crippen LogP contribution in [0.5, 0.6) is 0 Å². The van der Waals surface area contributed by atoms with E-state index >= 15 is 0 Å². The fourth-order valence-corrected chi connectivity index (χ4v) is 2.97. The predicted octanol–water partition coefficient (Wildman–Crippen LogP) is -0.0711. The summed E-state index contributed by atoms with van der Waals surface area (Å²) in [4.78, 5) is 16.2. The number of morpholine rings is 1. The molecule has 0 N–H and O–H groups in total. The zero-order chi connectivity index (χ0) is 17.8. The largest absolute Gasteiger partial charge is 0.373 e. The van der Waals surface area contributed by atoms with Gasteiger partial charge in [-0.2, -0.15) is 0 Å². The van der Waals surface area contributed by atoms with Crippen molar-refractivity contribution in [3.8, 4) is 0 Å². The van der Waals surface area contributed by atoms with Crippen LogP contribution in [0.25, 0.3) is 0 Å². The first-order valence-electron chi connectivity index (χ1n) is 8.27. The molecule has 0 spiro atoms. The highest BCUT2D eigenvalue weighted by atomic mass is 16.5. The number of aromatic nitrogens is 5. The van der Waals surface area contributed by atoms with Crippen LogP contribution in [0.2, 0.25) is 0 Å². The Labute approximate surface area is 145 Å². The molecule has 1 aliphatic rings. The van der Waals surface area contributed by atoms with E-state index < -0.39 is 0 Å². The maximum Gasteiger partial charge on any atom is 0.244 e. The van der Waals surface area contributed by atoms with Crippen LogP contribution in [0, 0.1) is 0 Å². The zero-order valence-corrected chi connectivity index (χ0v) is 14.7. The summed E-state index contributed by atoms with van der Waals surface area (Å²) in [6.45, 7) is 6.79. The molecule has 0 unspecified atom stereocenters. The third-order valence-electron chi connectivity index (χ3n) is 4.07. The molecule has 3 heterocycles. The van der Waals surface area contributed by atoms with Crippen LogP contribution in [-0.2, 0) is 29.2 Å². The molecule has 2 aromatic heterocycles. The number of tetrazole rings is 1. The Hall–Kier alpha value is -2.33. The molecule has 1 aliphatic heterocycles. The van der Waals surface area contributed by atoms with E-state index in [9.17, 15) is 4.79 Å². The van der Waals surface area contributed by atoms with Gasteiger partial charge >= 0.3 is 0 Å². The molecule has 10 heteroatoms. The van der Waals surface area contributed by atoms with Gasteiger partial charge in [-0.15, -0.1) is 5.10 Å². The number of likely N-dealkylation sites (N-methyl/N-ethyl adjacent to an activating group) is 1. The van der Waals surface area contributed by atoms with Gasteiger partial charge < -0.3 is 14.2 Å². The molecule has 1 fully saturated rings. The van der Waals surface area contributed by atoms with E-state index in [-0.39, 0.29) is 24.7 Å². The SMILES string of the molecule is C[C@@H]1CN(Cc2nnnn2CC(=O)N(C)Cc2ccon2)C[C@H](C)O1. The summed E-state index contributed by atoms with van der Waals surface area (Å²) in [5.74, 6) is 0.574. The van der Waals surface area contributed by atoms with Crippen LogP contribution in [0.15, 0.2) is 16.9 Å². The second-order valence-electron chi connectivity index (χ2n) is 6.44. The van der Waals surface area contributed by atoms with Gasteiger partial charge in [0.05, 0.1) is 25.3 Å². The maximum atomic E-state index is 12.4. The number of ether oxygens (including phenoxy) is 1. The average molecular weight is 349 g/mol. The topological polar surface area (TPSA) is 102 Å². The number of carbonyl (C=O) groups excluding carboxylic acids is 1. The molecule has 2 aromatic rings. The lowest BCUT2D eigenvalue weighted by Crippen LogP contribution is -2.45. The van der Waals surface area contributed by atoms with Gasteiger partial charge in [0, 0.05) is 26.2 Å². The van der Waals surface area contributed by atoms with Crippen LogP contribution in [0.4, 0.5) is 0 Å². The molecular weight excluding hydrogens is 326 g/mol. The number of carbonyl (C=O) groups is 1. The fourth-order valence-electron chi connectivity index (χ4n) is 2.97. The molecule has 25 heavy (non-hydrogen) atoms. The Morgan fingerprint density at radius 1 is 1.36 bits per heavy atom. The molecule has 0 saturated carbocycles. The molecule has 0 bridgehead atoms. The van der Waals surface area contributed by atoms with Gasteiger partial charge in [-0.25, -0.2) is 4.68 Å². The summed E-state index contributed by atoms with van der Waals surface area (Å²) in [6.07, 6.45) is 1.82. The van der Waals surface area contributed by atoms with Crippen LogP contribution < -0.4 is 0 Å². The van der Waals surface area contributed by atoms with Crippen molar-refractivity contribution in [3.63, 3.8) is 0 Å². The minimum Gasteiger partial charge on any atom is -0.373 e. The predicted molar refractivity (Wildman–Crippen MR) is 86.1 cm³/mol. The van der Waals surface area contributed by atoms with Gasteiger partial charge in [-0.05, 0) is 24.3 Å². The number of hydrogen-bond donors (Lipinski definition) is 0. The van der Waals surface area contributed by atoms with Crippen molar-refractivity contribution in [2.75, 3.05) is 20.1 Å². The van der Waals surface area contributed by atoms with Gasteiger partial charge in [0.2, 0.25) is 5.91 Å². The Bertz CT molecular complexity index is 677. The monoisotopic (exact) mass is 349 g/mol. The lowest BCUT2D eigenvalue weighted by Gasteiger charge is -2.34. The Morgan fingerprint density at radius 2 is 2.12 bits per heavy atom. The number of hydrogen-bond acceptors (Lipinski definition) is 8. The quantitative estimate of drug-likeness (QED) is 0.714. The minimum atomic E-state index is -0.0970. The molecule has 2 atom stereocenters. The molecule has 136 valence electrons. The summed E-state index contributed by atoms with van der Waals surface area (Å²) < 4.78 is 12.1. The molecular formula is C15H23N7O3. The second-order valence-corrected chi connectivity index (χ2v) is 6.44. The summed E-state index contributed by atoms with van der Waals surface area (Å²) in [6, 6.07) is 1.73. The van der Waals surface area contributed by atoms with Crippen molar-refractivity contribution < 1.29 is 14.1 Å². The third-order valence-corrected chi connectivity index (χ3v) is 4.07. The van der Waals surface area contributed by atoms with Crippen LogP contribution in [-0.4, -0.2) is 73.4 Å². The first-order chi connectivity index (χ1) is 12.0. The third kappa shape index (κ3) is 4.60. The zero-order valence-electron chi connectivity index (χ0n) is 14.7. The number of rotatable bonds is 6. The van der Waals surface area contributed by atoms with Crippen LogP contribution in [0.3, 0.4) is 0 Å². The van der Waals surface area contributed by atoms with Crippen molar-refractivity contribution >= 4 is 5.91 Å². The maximum absolute atomic E-state index is 12.4. The first kappa shape index (κ1) is 17.5. The smallest absolute Gasteiger partial charge is 0.244 e. The lowest BCUT2D eigenvalue weighted by molar-refractivity contribution is -0.131. The van der Waals surface area contributed by atoms with E-state index in [1.54, 1.807) is 22.7 Å². The number of amides is 1. The fraction of sp³-hybridized carbons (Fsp3) is 0.667. The average Bonchev–Trinajstić information content (AvgIpc) is 3.19. The van der Waals surface area contributed by atoms with Crippen LogP contribution in [0.1, 0.15) is 25.4 Å². The molecule has 1 saturated heterocycles. The normalized spacial score (nSPS) is 21.4. The van der Waals surface area contributed by atoms with E-state index in [1.165, 1.54) is 6.26 Å². The standard InChI is InChI=1S/C15H23N7O3/c1-11-6-21(7-12(2)25-11)9-14-16-18-19-22(14)10-15(23)20(3)8-13-4-5-24-17-13/h4-5,11-12H,6-10H2,1-3H3/t11-,12+. The number of nitrogens with zero attached hydrogens (tertiary/aromatic N) is 7.